The summed E-state index contributed by atoms with van der Waals surface area (Å²) in [6.45, 7) is 3.07. The maximum atomic E-state index is 11.5. The van der Waals surface area contributed by atoms with Gasteiger partial charge in [-0.1, -0.05) is 31.2 Å². The molecule has 0 aliphatic carbocycles. The maximum Gasteiger partial charge on any atom is 0.238 e. The number of benzene rings is 1. The van der Waals surface area contributed by atoms with E-state index in [0.29, 0.717) is 12.5 Å². The summed E-state index contributed by atoms with van der Waals surface area (Å²) in [6, 6.07) is 8.61. The lowest BCUT2D eigenvalue weighted by atomic mass is 10.0. The number of carbonyl (C=O) groups excluding carboxylic acids is 1. The first-order valence-electron chi connectivity index (χ1n) is 6.87. The molecule has 5 heteroatoms. The molecule has 0 aliphatic heterocycles. The number of nitrogens with zero attached hydrogens (tertiary/aromatic N) is 1. The van der Waals surface area contributed by atoms with Gasteiger partial charge < -0.3 is 0 Å². The second-order valence-electron chi connectivity index (χ2n) is 4.95. The highest BCUT2D eigenvalue weighted by atomic mass is 32.2. The van der Waals surface area contributed by atoms with E-state index in [1.54, 1.807) is 0 Å². The van der Waals surface area contributed by atoms with Crippen molar-refractivity contribution >= 4 is 17.7 Å². The number of hydrogen-bond donors (Lipinski definition) is 2. The Bertz CT molecular complexity index is 425. The van der Waals surface area contributed by atoms with E-state index in [0.717, 1.165) is 24.3 Å². The average molecular weight is 295 g/mol. The van der Waals surface area contributed by atoms with Crippen LogP contribution in [-0.4, -0.2) is 35.9 Å². The van der Waals surface area contributed by atoms with Crippen molar-refractivity contribution in [3.05, 3.63) is 35.4 Å². The van der Waals surface area contributed by atoms with Crippen LogP contribution >= 0.6 is 11.8 Å². The van der Waals surface area contributed by atoms with E-state index in [1.807, 2.05) is 30.0 Å². The minimum Gasteiger partial charge on any atom is -0.298 e. The molecule has 0 spiro atoms. The van der Waals surface area contributed by atoms with Crippen LogP contribution in [0.15, 0.2) is 24.3 Å². The lowest BCUT2D eigenvalue weighted by Crippen LogP contribution is -2.34. The Morgan fingerprint density at radius 3 is 2.60 bits per heavy atom. The van der Waals surface area contributed by atoms with Gasteiger partial charge in [0.1, 0.15) is 0 Å². The topological polar surface area (TPSA) is 58.4 Å². The van der Waals surface area contributed by atoms with Crippen LogP contribution in [0.2, 0.25) is 0 Å². The first-order chi connectivity index (χ1) is 9.62. The van der Waals surface area contributed by atoms with Gasteiger partial charge in [0, 0.05) is 18.3 Å². The van der Waals surface area contributed by atoms with Crippen LogP contribution in [0.5, 0.6) is 0 Å². The molecule has 1 unspecified atom stereocenters. The van der Waals surface area contributed by atoms with Crippen molar-refractivity contribution in [1.82, 2.24) is 10.3 Å². The van der Waals surface area contributed by atoms with Crippen molar-refractivity contribution in [3.63, 3.8) is 0 Å². The third kappa shape index (κ3) is 5.15. The van der Waals surface area contributed by atoms with E-state index in [2.05, 4.69) is 36.6 Å². The van der Waals surface area contributed by atoms with Crippen molar-refractivity contribution in [2.24, 2.45) is 5.84 Å². The zero-order valence-electron chi connectivity index (χ0n) is 12.6. The smallest absolute Gasteiger partial charge is 0.238 e. The van der Waals surface area contributed by atoms with Crippen LogP contribution in [0.4, 0.5) is 0 Å². The predicted molar refractivity (Wildman–Crippen MR) is 86.4 cm³/mol. The Kier molecular flexibility index (Phi) is 7.65. The average Bonchev–Trinajstić information content (AvgIpc) is 2.46. The zero-order valence-corrected chi connectivity index (χ0v) is 13.4. The lowest BCUT2D eigenvalue weighted by molar-refractivity contribution is -0.120. The molecular weight excluding hydrogens is 270 g/mol. The minimum absolute atomic E-state index is 0.156. The maximum absolute atomic E-state index is 11.5. The number of hydrazine groups is 1. The van der Waals surface area contributed by atoms with Gasteiger partial charge in [-0.05, 0) is 30.9 Å². The highest BCUT2D eigenvalue weighted by molar-refractivity contribution is 7.98. The van der Waals surface area contributed by atoms with Gasteiger partial charge in [0.2, 0.25) is 5.91 Å². The quantitative estimate of drug-likeness (QED) is 0.436. The van der Waals surface area contributed by atoms with Crippen LogP contribution < -0.4 is 11.3 Å². The van der Waals surface area contributed by atoms with Gasteiger partial charge in [-0.3, -0.25) is 15.1 Å². The fourth-order valence-corrected chi connectivity index (χ4v) is 3.13. The number of nitrogens with one attached hydrogen (secondary N) is 1. The van der Waals surface area contributed by atoms with Gasteiger partial charge >= 0.3 is 0 Å². The zero-order chi connectivity index (χ0) is 15.0. The molecular formula is C15H25N3OS. The van der Waals surface area contributed by atoms with E-state index in [-0.39, 0.29) is 5.91 Å². The molecule has 1 aromatic carbocycles. The molecule has 1 amide bonds. The van der Waals surface area contributed by atoms with Gasteiger partial charge in [-0.25, -0.2) is 5.84 Å². The van der Waals surface area contributed by atoms with Crippen molar-refractivity contribution in [2.75, 3.05) is 19.1 Å². The summed E-state index contributed by atoms with van der Waals surface area (Å²) in [5.74, 6) is 6.14. The monoisotopic (exact) mass is 295 g/mol. The van der Waals surface area contributed by atoms with Crippen molar-refractivity contribution < 1.29 is 4.79 Å². The van der Waals surface area contributed by atoms with Crippen LogP contribution in [0.25, 0.3) is 0 Å². The summed E-state index contributed by atoms with van der Waals surface area (Å²) in [7, 11) is 2.14. The van der Waals surface area contributed by atoms with E-state index < -0.39 is 0 Å². The number of hydrogen-bond acceptors (Lipinski definition) is 4. The van der Waals surface area contributed by atoms with Crippen molar-refractivity contribution in [3.8, 4) is 0 Å². The largest absolute Gasteiger partial charge is 0.298 e. The Hall–Kier alpha value is -1.04. The van der Waals surface area contributed by atoms with E-state index in [9.17, 15) is 4.79 Å². The van der Waals surface area contributed by atoms with Gasteiger partial charge in [0.05, 0.1) is 6.42 Å². The van der Waals surface area contributed by atoms with Gasteiger partial charge in [0.15, 0.2) is 0 Å². The van der Waals surface area contributed by atoms with E-state index >= 15 is 0 Å². The van der Waals surface area contributed by atoms with Gasteiger partial charge in [-0.15, -0.1) is 0 Å². The number of rotatable bonds is 8. The van der Waals surface area contributed by atoms with Crippen LogP contribution in [0.1, 0.15) is 24.5 Å². The molecule has 4 nitrogen and oxygen atoms in total. The molecule has 0 heterocycles. The third-order valence-electron chi connectivity index (χ3n) is 3.50. The molecule has 1 rings (SSSR count). The number of amides is 1. The third-order valence-corrected chi connectivity index (χ3v) is 4.22. The Morgan fingerprint density at radius 2 is 2.05 bits per heavy atom. The molecule has 0 bridgehead atoms. The normalized spacial score (nSPS) is 12.4. The highest BCUT2D eigenvalue weighted by Gasteiger charge is 2.14. The van der Waals surface area contributed by atoms with Crippen LogP contribution in [0, 0.1) is 0 Å². The highest BCUT2D eigenvalue weighted by Crippen LogP contribution is 2.16. The molecule has 20 heavy (non-hydrogen) atoms. The lowest BCUT2D eigenvalue weighted by Gasteiger charge is -2.27. The summed E-state index contributed by atoms with van der Waals surface area (Å²) in [5.41, 5.74) is 4.43. The molecule has 0 aromatic heterocycles. The van der Waals surface area contributed by atoms with Gasteiger partial charge in [0.25, 0.3) is 0 Å². The number of nitrogens with two attached hydrogens (primary N) is 1. The fraction of sp³-hybridized carbons (Fsp3) is 0.533. The standard InChI is InChI=1S/C15H25N3OS/c1-4-14(11-20-3)18(2)10-13-8-6-5-7-12(13)9-15(19)17-16/h5-8,14H,4,9-11,16H2,1-3H3,(H,17,19). The second-order valence-corrected chi connectivity index (χ2v) is 5.86. The van der Waals surface area contributed by atoms with Crippen LogP contribution in [0.3, 0.4) is 0 Å². The number of thioether (sulfide) groups is 1. The molecule has 0 saturated heterocycles. The molecule has 0 aliphatic rings. The number of carbonyl (C=O) groups is 1. The first kappa shape index (κ1) is 17.0. The summed E-state index contributed by atoms with van der Waals surface area (Å²) in [4.78, 5) is 13.8. The molecule has 0 fully saturated rings. The summed E-state index contributed by atoms with van der Waals surface area (Å²) in [6.07, 6.45) is 3.60. The van der Waals surface area contributed by atoms with Crippen molar-refractivity contribution in [2.45, 2.75) is 32.4 Å². The summed E-state index contributed by atoms with van der Waals surface area (Å²) in [5, 5.41) is 0. The van der Waals surface area contributed by atoms with E-state index in [4.69, 9.17) is 5.84 Å². The SMILES string of the molecule is CCC(CSC)N(C)Cc1ccccc1CC(=O)NN. The minimum atomic E-state index is -0.156. The first-order valence-corrected chi connectivity index (χ1v) is 8.27. The second kappa shape index (κ2) is 9.00. The summed E-state index contributed by atoms with van der Waals surface area (Å²) >= 11 is 1.87. The van der Waals surface area contributed by atoms with Crippen LogP contribution in [-0.2, 0) is 17.8 Å². The van der Waals surface area contributed by atoms with Gasteiger partial charge in [-0.2, -0.15) is 11.8 Å². The fourth-order valence-electron chi connectivity index (χ4n) is 2.26. The van der Waals surface area contributed by atoms with E-state index in [1.165, 1.54) is 5.56 Å². The molecule has 1 atom stereocenters. The molecule has 0 saturated carbocycles. The molecule has 112 valence electrons. The predicted octanol–water partition coefficient (Wildman–Crippen LogP) is 1.79. The Balaban J connectivity index is 2.78. The molecule has 0 radical (unpaired) electrons. The Labute approximate surface area is 126 Å². The molecule has 3 N–H and O–H groups in total. The van der Waals surface area contributed by atoms with Crippen molar-refractivity contribution in [1.29, 1.82) is 0 Å². The molecule has 1 aromatic rings. The Morgan fingerprint density at radius 1 is 1.40 bits per heavy atom. The summed E-state index contributed by atoms with van der Waals surface area (Å²) < 4.78 is 0.